The molecule has 0 aliphatic carbocycles. The van der Waals surface area contributed by atoms with Crippen LogP contribution in [-0.4, -0.2) is 39.9 Å². The molecule has 0 saturated heterocycles. The molecule has 0 bridgehead atoms. The van der Waals surface area contributed by atoms with E-state index in [1.165, 1.54) is 12.7 Å². The van der Waals surface area contributed by atoms with Crippen molar-refractivity contribution in [3.05, 3.63) is 89.5 Å². The van der Waals surface area contributed by atoms with E-state index >= 15 is 0 Å². The number of rotatable bonds is 8. The Morgan fingerprint density at radius 3 is 2.41 bits per heavy atom. The highest BCUT2D eigenvalue weighted by atomic mass is 16.5. The van der Waals surface area contributed by atoms with Gasteiger partial charge in [-0.05, 0) is 37.5 Å². The molecule has 150 valence electrons. The number of aromatic nitrogens is 2. The Labute approximate surface area is 170 Å². The van der Waals surface area contributed by atoms with Crippen LogP contribution in [0, 0.1) is 0 Å². The number of imidazole rings is 1. The predicted molar refractivity (Wildman–Crippen MR) is 110 cm³/mol. The van der Waals surface area contributed by atoms with E-state index in [0.29, 0.717) is 17.9 Å². The minimum absolute atomic E-state index is 0.0569. The lowest BCUT2D eigenvalue weighted by molar-refractivity contribution is 0.0578. The first-order valence-corrected chi connectivity index (χ1v) is 9.60. The summed E-state index contributed by atoms with van der Waals surface area (Å²) in [5.74, 6) is -0.0488. The number of esters is 1. The second kappa shape index (κ2) is 9.68. The number of carbonyl (C=O) groups excluding carboxylic acids is 2. The standard InChI is InChI=1S/C23H25N3O3/c1-17(12-13-18-8-4-3-5-9-18)26(16-21-24-14-15-25-21)22(27)19-10-6-7-11-20(19)23(28)29-2/h3-11,14-15,17H,12-13,16H2,1-2H3,(H,24,25). The Bertz CT molecular complexity index is 939. The molecule has 0 radical (unpaired) electrons. The van der Waals surface area contributed by atoms with Gasteiger partial charge in [0.1, 0.15) is 5.82 Å². The number of hydrogen-bond acceptors (Lipinski definition) is 4. The molecule has 0 fully saturated rings. The number of nitrogens with one attached hydrogen (secondary N) is 1. The zero-order valence-corrected chi connectivity index (χ0v) is 16.7. The monoisotopic (exact) mass is 391 g/mol. The maximum atomic E-state index is 13.4. The lowest BCUT2D eigenvalue weighted by Crippen LogP contribution is -2.39. The second-order valence-electron chi connectivity index (χ2n) is 6.88. The van der Waals surface area contributed by atoms with Gasteiger partial charge in [-0.3, -0.25) is 4.79 Å². The van der Waals surface area contributed by atoms with Crippen molar-refractivity contribution in [2.75, 3.05) is 7.11 Å². The SMILES string of the molecule is COC(=O)c1ccccc1C(=O)N(Cc1ncc[nH]1)C(C)CCc1ccccc1. The van der Waals surface area contributed by atoms with Gasteiger partial charge in [0.15, 0.2) is 0 Å². The van der Waals surface area contributed by atoms with Crippen LogP contribution in [0.3, 0.4) is 0 Å². The molecule has 1 aromatic heterocycles. The number of hydrogen-bond donors (Lipinski definition) is 1. The molecule has 0 aliphatic rings. The zero-order chi connectivity index (χ0) is 20.6. The van der Waals surface area contributed by atoms with Gasteiger partial charge in [-0.15, -0.1) is 0 Å². The van der Waals surface area contributed by atoms with Crippen LogP contribution < -0.4 is 0 Å². The predicted octanol–water partition coefficient (Wildman–Crippen LogP) is 3.86. The van der Waals surface area contributed by atoms with Gasteiger partial charge in [-0.25, -0.2) is 9.78 Å². The first-order valence-electron chi connectivity index (χ1n) is 9.60. The number of aromatic amines is 1. The molecule has 0 spiro atoms. The van der Waals surface area contributed by atoms with E-state index in [2.05, 4.69) is 22.1 Å². The molecular formula is C23H25N3O3. The largest absolute Gasteiger partial charge is 0.465 e. The summed E-state index contributed by atoms with van der Waals surface area (Å²) in [5, 5.41) is 0. The van der Waals surface area contributed by atoms with Gasteiger partial charge >= 0.3 is 5.97 Å². The van der Waals surface area contributed by atoms with E-state index in [1.807, 2.05) is 25.1 Å². The lowest BCUT2D eigenvalue weighted by atomic mass is 10.0. The topological polar surface area (TPSA) is 75.3 Å². The smallest absolute Gasteiger partial charge is 0.338 e. The Kier molecular flexibility index (Phi) is 6.79. The van der Waals surface area contributed by atoms with Gasteiger partial charge in [0.2, 0.25) is 0 Å². The van der Waals surface area contributed by atoms with Crippen LogP contribution in [0.15, 0.2) is 67.0 Å². The summed E-state index contributed by atoms with van der Waals surface area (Å²) in [5.41, 5.74) is 1.82. The van der Waals surface area contributed by atoms with Gasteiger partial charge in [0.25, 0.3) is 5.91 Å². The fraction of sp³-hybridized carbons (Fsp3) is 0.261. The summed E-state index contributed by atoms with van der Waals surface area (Å²) in [4.78, 5) is 34.7. The minimum atomic E-state index is -0.524. The molecule has 1 unspecified atom stereocenters. The van der Waals surface area contributed by atoms with Crippen LogP contribution >= 0.6 is 0 Å². The zero-order valence-electron chi connectivity index (χ0n) is 16.7. The fourth-order valence-electron chi connectivity index (χ4n) is 3.26. The molecule has 2 aromatic carbocycles. The van der Waals surface area contributed by atoms with E-state index in [-0.39, 0.29) is 17.5 Å². The quantitative estimate of drug-likeness (QED) is 0.592. The first-order chi connectivity index (χ1) is 14.1. The number of aryl methyl sites for hydroxylation is 1. The highest BCUT2D eigenvalue weighted by Crippen LogP contribution is 2.19. The molecule has 1 amide bonds. The van der Waals surface area contributed by atoms with Crippen molar-refractivity contribution in [3.8, 4) is 0 Å². The van der Waals surface area contributed by atoms with Gasteiger partial charge in [-0.2, -0.15) is 0 Å². The van der Waals surface area contributed by atoms with E-state index in [0.717, 1.165) is 12.8 Å². The van der Waals surface area contributed by atoms with Crippen molar-refractivity contribution < 1.29 is 14.3 Å². The summed E-state index contributed by atoms with van der Waals surface area (Å²) in [6.45, 7) is 2.35. The molecule has 1 N–H and O–H groups in total. The van der Waals surface area contributed by atoms with Crippen molar-refractivity contribution in [1.82, 2.24) is 14.9 Å². The van der Waals surface area contributed by atoms with E-state index in [1.54, 1.807) is 41.6 Å². The van der Waals surface area contributed by atoms with Crippen molar-refractivity contribution in [1.29, 1.82) is 0 Å². The van der Waals surface area contributed by atoms with Crippen molar-refractivity contribution in [2.24, 2.45) is 0 Å². The lowest BCUT2D eigenvalue weighted by Gasteiger charge is -2.29. The van der Waals surface area contributed by atoms with Gasteiger partial charge in [0.05, 0.1) is 24.8 Å². The fourth-order valence-corrected chi connectivity index (χ4v) is 3.26. The molecule has 6 heteroatoms. The summed E-state index contributed by atoms with van der Waals surface area (Å²) >= 11 is 0. The molecule has 1 atom stereocenters. The molecule has 0 aliphatic heterocycles. The van der Waals surface area contributed by atoms with Crippen LogP contribution in [0.4, 0.5) is 0 Å². The highest BCUT2D eigenvalue weighted by Gasteiger charge is 2.26. The maximum absolute atomic E-state index is 13.4. The average molecular weight is 391 g/mol. The number of H-pyrrole nitrogens is 1. The minimum Gasteiger partial charge on any atom is -0.465 e. The molecule has 1 heterocycles. The van der Waals surface area contributed by atoms with Gasteiger partial charge < -0.3 is 14.6 Å². The first kappa shape index (κ1) is 20.3. The number of methoxy groups -OCH3 is 1. The number of amides is 1. The summed E-state index contributed by atoms with van der Waals surface area (Å²) < 4.78 is 4.85. The molecule has 29 heavy (non-hydrogen) atoms. The second-order valence-corrected chi connectivity index (χ2v) is 6.88. The highest BCUT2D eigenvalue weighted by molar-refractivity contribution is 6.05. The number of nitrogens with zero attached hydrogens (tertiary/aromatic N) is 2. The summed E-state index contributed by atoms with van der Waals surface area (Å²) in [7, 11) is 1.31. The van der Waals surface area contributed by atoms with E-state index in [9.17, 15) is 9.59 Å². The van der Waals surface area contributed by atoms with Crippen molar-refractivity contribution in [3.63, 3.8) is 0 Å². The molecule has 3 rings (SSSR count). The third-order valence-electron chi connectivity index (χ3n) is 4.92. The van der Waals surface area contributed by atoms with Crippen LogP contribution in [-0.2, 0) is 17.7 Å². The molecule has 0 saturated carbocycles. The third-order valence-corrected chi connectivity index (χ3v) is 4.92. The van der Waals surface area contributed by atoms with Gasteiger partial charge in [-0.1, -0.05) is 42.5 Å². The van der Waals surface area contributed by atoms with E-state index in [4.69, 9.17) is 4.74 Å². The Morgan fingerprint density at radius 1 is 1.07 bits per heavy atom. The Hall–Kier alpha value is -3.41. The Balaban J connectivity index is 1.85. The van der Waals surface area contributed by atoms with Crippen LogP contribution in [0.5, 0.6) is 0 Å². The number of ether oxygens (including phenoxy) is 1. The van der Waals surface area contributed by atoms with Crippen LogP contribution in [0.25, 0.3) is 0 Å². The summed E-state index contributed by atoms with van der Waals surface area (Å²) in [6.07, 6.45) is 5.03. The maximum Gasteiger partial charge on any atom is 0.338 e. The number of benzene rings is 2. The van der Waals surface area contributed by atoms with Crippen molar-refractivity contribution >= 4 is 11.9 Å². The van der Waals surface area contributed by atoms with Crippen LogP contribution in [0.1, 0.15) is 45.4 Å². The number of carbonyl (C=O) groups is 2. The van der Waals surface area contributed by atoms with E-state index < -0.39 is 5.97 Å². The molecular weight excluding hydrogens is 366 g/mol. The normalized spacial score (nSPS) is 11.7. The van der Waals surface area contributed by atoms with Crippen LogP contribution in [0.2, 0.25) is 0 Å². The van der Waals surface area contributed by atoms with Gasteiger partial charge in [0, 0.05) is 18.4 Å². The summed E-state index contributed by atoms with van der Waals surface area (Å²) in [6, 6.07) is 16.9. The Morgan fingerprint density at radius 2 is 1.76 bits per heavy atom. The van der Waals surface area contributed by atoms with Crippen molar-refractivity contribution in [2.45, 2.75) is 32.4 Å². The third kappa shape index (κ3) is 5.10. The average Bonchev–Trinajstić information content (AvgIpc) is 3.29. The molecule has 3 aromatic rings. The molecule has 6 nitrogen and oxygen atoms in total.